The zero-order valence-corrected chi connectivity index (χ0v) is 34.7. The van der Waals surface area contributed by atoms with Crippen molar-refractivity contribution in [2.45, 2.75) is 0 Å². The molecule has 0 radical (unpaired) electrons. The molecule has 5 heteroatoms. The van der Waals surface area contributed by atoms with E-state index in [4.69, 9.17) is 4.98 Å². The molecule has 12 rings (SSSR count). The number of thiazole rings is 1. The maximum atomic E-state index is 5.54. The summed E-state index contributed by atoms with van der Waals surface area (Å²) in [5.74, 6) is 0. The van der Waals surface area contributed by atoms with E-state index in [-0.39, 0.29) is 0 Å². The van der Waals surface area contributed by atoms with Gasteiger partial charge in [0.25, 0.3) is 0 Å². The number of hydrogen-bond donors (Lipinski definition) is 0. The molecular weight excluding hydrogens is 785 g/mol. The number of para-hydroxylation sites is 2. The van der Waals surface area contributed by atoms with Gasteiger partial charge in [-0.2, -0.15) is 0 Å². The highest BCUT2D eigenvalue weighted by molar-refractivity contribution is 7.26. The van der Waals surface area contributed by atoms with Crippen molar-refractivity contribution in [1.29, 1.82) is 0 Å². The summed E-state index contributed by atoms with van der Waals surface area (Å²) in [6.07, 6.45) is 0. The second kappa shape index (κ2) is 14.4. The number of thiophene rings is 2. The fourth-order valence-corrected chi connectivity index (χ4v) is 12.3. The third kappa shape index (κ3) is 5.85. The molecule has 2 nitrogen and oxygen atoms in total. The Kier molecular flexibility index (Phi) is 8.44. The standard InChI is InChI=1S/C55H34N2S3/c1-3-13-39(14-4-1)57(40-15-5-2-6-16-40)55-56-51-41(35-25-27-36(28-26-35)42-19-11-21-47-45-17-7-9-23-49(45)58-52(42)47)33-34-44(54(51)60-55)38-31-29-37(30-32-38)43-20-12-22-48-46-18-8-10-24-50(46)59-53(43)48/h1-34H. The smallest absolute Gasteiger partial charge is 0.195 e. The number of hydrogen-bond acceptors (Lipinski definition) is 5. The van der Waals surface area contributed by atoms with Crippen LogP contribution in [0.3, 0.4) is 0 Å². The minimum atomic E-state index is 0.928. The van der Waals surface area contributed by atoms with Gasteiger partial charge in [-0.05, 0) is 69.8 Å². The van der Waals surface area contributed by atoms with Gasteiger partial charge >= 0.3 is 0 Å². The van der Waals surface area contributed by atoms with Crippen LogP contribution in [0.1, 0.15) is 0 Å². The fourth-order valence-electron chi connectivity index (χ4n) is 8.68. The molecule has 3 aromatic heterocycles. The molecule has 0 spiro atoms. The SMILES string of the molecule is c1ccc(N(c2ccccc2)c2nc3c(-c4ccc(-c5cccc6c5sc5ccccc56)cc4)ccc(-c4ccc(-c5cccc6c5sc5ccccc56)cc4)c3s2)cc1. The van der Waals surface area contributed by atoms with Crippen LogP contribution >= 0.6 is 34.0 Å². The number of fused-ring (bicyclic) bond motifs is 7. The molecule has 0 unspecified atom stereocenters. The van der Waals surface area contributed by atoms with Crippen LogP contribution in [-0.2, 0) is 0 Å². The van der Waals surface area contributed by atoms with Gasteiger partial charge in [-0.25, -0.2) is 4.98 Å². The Morgan fingerprint density at radius 3 is 1.20 bits per heavy atom. The van der Waals surface area contributed by atoms with E-state index in [9.17, 15) is 0 Å². The highest BCUT2D eigenvalue weighted by Gasteiger charge is 2.22. The van der Waals surface area contributed by atoms with E-state index in [0.29, 0.717) is 0 Å². The first-order chi connectivity index (χ1) is 29.7. The van der Waals surface area contributed by atoms with Crippen LogP contribution in [0.5, 0.6) is 0 Å². The minimum Gasteiger partial charge on any atom is -0.286 e. The van der Waals surface area contributed by atoms with Crippen molar-refractivity contribution in [2.75, 3.05) is 4.90 Å². The maximum Gasteiger partial charge on any atom is 0.195 e. The highest BCUT2D eigenvalue weighted by atomic mass is 32.1. The summed E-state index contributed by atoms with van der Waals surface area (Å²) in [6, 6.07) is 74.8. The van der Waals surface area contributed by atoms with Gasteiger partial charge in [0, 0.05) is 62.8 Å². The van der Waals surface area contributed by atoms with Gasteiger partial charge in [-0.1, -0.05) is 181 Å². The molecule has 0 N–H and O–H groups in total. The third-order valence-corrected chi connectivity index (χ3v) is 15.1. The topological polar surface area (TPSA) is 16.1 Å². The van der Waals surface area contributed by atoms with Gasteiger partial charge < -0.3 is 0 Å². The second-order valence-corrected chi connectivity index (χ2v) is 18.1. The average molecular weight is 819 g/mol. The predicted octanol–water partition coefficient (Wildman–Crippen LogP) is 17.2. The molecule has 3 heterocycles. The van der Waals surface area contributed by atoms with Gasteiger partial charge in [0.15, 0.2) is 5.13 Å². The molecule has 0 aliphatic rings. The number of anilines is 3. The Balaban J connectivity index is 0.992. The quantitative estimate of drug-likeness (QED) is 0.159. The van der Waals surface area contributed by atoms with Crippen LogP contribution in [0.4, 0.5) is 16.5 Å². The molecule has 0 amide bonds. The lowest BCUT2D eigenvalue weighted by Gasteiger charge is -2.22. The van der Waals surface area contributed by atoms with Crippen molar-refractivity contribution in [3.05, 3.63) is 206 Å². The van der Waals surface area contributed by atoms with Crippen molar-refractivity contribution in [2.24, 2.45) is 0 Å². The molecule has 0 fully saturated rings. The normalized spacial score (nSPS) is 11.7. The Morgan fingerprint density at radius 2 is 0.700 bits per heavy atom. The lowest BCUT2D eigenvalue weighted by atomic mass is 9.95. The average Bonchev–Trinajstić information content (AvgIpc) is 4.04. The predicted molar refractivity (Wildman–Crippen MR) is 262 cm³/mol. The van der Waals surface area contributed by atoms with Crippen LogP contribution in [0, 0.1) is 0 Å². The van der Waals surface area contributed by atoms with Crippen LogP contribution in [0.25, 0.3) is 95.1 Å². The van der Waals surface area contributed by atoms with E-state index in [1.807, 2.05) is 22.7 Å². The lowest BCUT2D eigenvalue weighted by molar-refractivity contribution is 1.25. The molecule has 0 saturated carbocycles. The summed E-state index contributed by atoms with van der Waals surface area (Å²) in [6.45, 7) is 0. The molecule has 60 heavy (non-hydrogen) atoms. The van der Waals surface area contributed by atoms with E-state index in [2.05, 4.69) is 211 Å². The Morgan fingerprint density at radius 1 is 0.300 bits per heavy atom. The van der Waals surface area contributed by atoms with Gasteiger partial charge in [0.2, 0.25) is 0 Å². The van der Waals surface area contributed by atoms with Gasteiger partial charge in [-0.3, -0.25) is 4.90 Å². The Hall–Kier alpha value is -6.89. The number of aromatic nitrogens is 1. The summed E-state index contributed by atoms with van der Waals surface area (Å²) in [5, 5.41) is 6.20. The summed E-state index contributed by atoms with van der Waals surface area (Å²) >= 11 is 5.50. The monoisotopic (exact) mass is 818 g/mol. The molecule has 9 aromatic carbocycles. The van der Waals surface area contributed by atoms with Crippen molar-refractivity contribution in [3.8, 4) is 44.5 Å². The lowest BCUT2D eigenvalue weighted by Crippen LogP contribution is -2.09. The maximum absolute atomic E-state index is 5.54. The van der Waals surface area contributed by atoms with Crippen molar-refractivity contribution < 1.29 is 0 Å². The number of rotatable bonds is 7. The molecule has 0 aliphatic carbocycles. The number of benzene rings is 9. The first kappa shape index (κ1) is 35.1. The summed E-state index contributed by atoms with van der Waals surface area (Å²) in [7, 11) is 0. The zero-order chi connectivity index (χ0) is 39.6. The Labute approximate surface area is 359 Å². The molecule has 282 valence electrons. The molecular formula is C55H34N2S3. The summed E-state index contributed by atoms with van der Waals surface area (Å²) in [4.78, 5) is 7.82. The second-order valence-electron chi connectivity index (χ2n) is 15.1. The van der Waals surface area contributed by atoms with Crippen molar-refractivity contribution in [3.63, 3.8) is 0 Å². The largest absolute Gasteiger partial charge is 0.286 e. The van der Waals surface area contributed by atoms with E-state index >= 15 is 0 Å². The zero-order valence-electron chi connectivity index (χ0n) is 32.2. The van der Waals surface area contributed by atoms with Gasteiger partial charge in [-0.15, -0.1) is 22.7 Å². The number of nitrogens with zero attached hydrogens (tertiary/aromatic N) is 2. The summed E-state index contributed by atoms with van der Waals surface area (Å²) < 4.78 is 6.47. The van der Waals surface area contributed by atoms with E-state index in [1.54, 1.807) is 11.3 Å². The molecule has 0 atom stereocenters. The molecule has 0 aliphatic heterocycles. The van der Waals surface area contributed by atoms with E-state index in [1.165, 1.54) is 73.7 Å². The Bertz CT molecular complexity index is 3290. The minimum absolute atomic E-state index is 0.928. The van der Waals surface area contributed by atoms with Crippen LogP contribution in [0.2, 0.25) is 0 Å². The highest BCUT2D eigenvalue weighted by Crippen LogP contribution is 2.47. The first-order valence-electron chi connectivity index (χ1n) is 20.1. The molecule has 0 saturated heterocycles. The van der Waals surface area contributed by atoms with Crippen LogP contribution in [-0.4, -0.2) is 4.98 Å². The van der Waals surface area contributed by atoms with Crippen LogP contribution < -0.4 is 4.90 Å². The van der Waals surface area contributed by atoms with Crippen molar-refractivity contribution in [1.82, 2.24) is 4.98 Å². The third-order valence-electron chi connectivity index (χ3n) is 11.6. The first-order valence-corrected chi connectivity index (χ1v) is 22.6. The van der Waals surface area contributed by atoms with Crippen LogP contribution in [0.15, 0.2) is 206 Å². The molecule has 12 aromatic rings. The summed E-state index contributed by atoms with van der Waals surface area (Å²) in [5.41, 5.74) is 12.8. The van der Waals surface area contributed by atoms with E-state index < -0.39 is 0 Å². The van der Waals surface area contributed by atoms with Gasteiger partial charge in [0.05, 0.1) is 10.2 Å². The van der Waals surface area contributed by atoms with Crippen molar-refractivity contribution >= 4 is 101 Å². The van der Waals surface area contributed by atoms with Gasteiger partial charge in [0.1, 0.15) is 0 Å². The van der Waals surface area contributed by atoms with E-state index in [0.717, 1.165) is 37.8 Å². The fraction of sp³-hybridized carbons (Fsp3) is 0. The molecule has 0 bridgehead atoms.